The summed E-state index contributed by atoms with van der Waals surface area (Å²) in [5.74, 6) is -0.488. The molecular formula is C18H11FN2O7. The fourth-order valence-corrected chi connectivity index (χ4v) is 2.58. The molecule has 10 heteroatoms. The minimum atomic E-state index is -0.938. The number of nitro benzene ring substituents is 1. The zero-order valence-electron chi connectivity index (χ0n) is 14.1. The van der Waals surface area contributed by atoms with Crippen LogP contribution in [0.15, 0.2) is 47.0 Å². The quantitative estimate of drug-likeness (QED) is 0.372. The molecule has 0 unspecified atom stereocenters. The van der Waals surface area contributed by atoms with Gasteiger partial charge in [-0.1, -0.05) is 0 Å². The van der Waals surface area contributed by atoms with Crippen molar-refractivity contribution in [1.82, 2.24) is 4.98 Å². The van der Waals surface area contributed by atoms with Gasteiger partial charge in [-0.2, -0.15) is 0 Å². The van der Waals surface area contributed by atoms with Gasteiger partial charge in [-0.25, -0.2) is 14.2 Å². The van der Waals surface area contributed by atoms with Crippen LogP contribution in [0.5, 0.6) is 11.5 Å². The van der Waals surface area contributed by atoms with E-state index >= 15 is 0 Å². The first-order chi connectivity index (χ1) is 13.5. The van der Waals surface area contributed by atoms with Crippen molar-refractivity contribution in [2.24, 2.45) is 0 Å². The van der Waals surface area contributed by atoms with Crippen LogP contribution in [0.25, 0.3) is 11.3 Å². The van der Waals surface area contributed by atoms with Crippen LogP contribution in [0.4, 0.5) is 10.1 Å². The fourth-order valence-electron chi connectivity index (χ4n) is 2.58. The molecule has 3 aromatic rings. The van der Waals surface area contributed by atoms with E-state index in [1.807, 2.05) is 0 Å². The van der Waals surface area contributed by atoms with Crippen molar-refractivity contribution < 1.29 is 32.7 Å². The second-order valence-electron chi connectivity index (χ2n) is 5.68. The Morgan fingerprint density at radius 2 is 1.93 bits per heavy atom. The maximum Gasteiger partial charge on any atom is 0.345 e. The molecule has 0 saturated heterocycles. The Morgan fingerprint density at radius 1 is 1.21 bits per heavy atom. The summed E-state index contributed by atoms with van der Waals surface area (Å²) < 4.78 is 33.7. The van der Waals surface area contributed by atoms with Crippen LogP contribution in [0.2, 0.25) is 0 Å². The lowest BCUT2D eigenvalue weighted by Gasteiger charge is -2.05. The molecule has 28 heavy (non-hydrogen) atoms. The van der Waals surface area contributed by atoms with Gasteiger partial charge in [0.1, 0.15) is 11.4 Å². The molecule has 9 nitrogen and oxygen atoms in total. The first-order valence-electron chi connectivity index (χ1n) is 7.97. The van der Waals surface area contributed by atoms with Crippen molar-refractivity contribution >= 4 is 11.7 Å². The fraction of sp³-hybridized carbons (Fsp3) is 0.111. The average Bonchev–Trinajstić information content (AvgIpc) is 3.34. The second-order valence-corrected chi connectivity index (χ2v) is 5.68. The highest BCUT2D eigenvalue weighted by atomic mass is 19.1. The highest BCUT2D eigenvalue weighted by Gasteiger charge is 2.28. The van der Waals surface area contributed by atoms with Crippen LogP contribution < -0.4 is 9.47 Å². The standard InChI is InChI=1S/C18H11FN2O7/c19-11-3-1-10(2-4-11)16-7-20-17(28-16)8-25-18(22)12-5-14-15(27-9-26-14)6-13(12)21(23)24/h1-7H,8-9H2. The SMILES string of the molecule is O=C(OCc1ncc(-c2ccc(F)cc2)o1)c1cc2c(cc1[N+](=O)[O-])OCO2. The number of hydrogen-bond donors (Lipinski definition) is 0. The van der Waals surface area contributed by atoms with Crippen molar-refractivity contribution in [1.29, 1.82) is 0 Å². The van der Waals surface area contributed by atoms with Gasteiger partial charge in [0.05, 0.1) is 17.2 Å². The van der Waals surface area contributed by atoms with Gasteiger partial charge in [-0.15, -0.1) is 0 Å². The molecule has 0 aliphatic carbocycles. The predicted octanol–water partition coefficient (Wildman–Crippen LogP) is 3.47. The second kappa shape index (κ2) is 6.99. The number of ether oxygens (including phenoxy) is 3. The third-order valence-electron chi connectivity index (χ3n) is 3.92. The topological polar surface area (TPSA) is 114 Å². The molecular weight excluding hydrogens is 375 g/mol. The Hall–Kier alpha value is -3.95. The highest BCUT2D eigenvalue weighted by Crippen LogP contribution is 2.38. The van der Waals surface area contributed by atoms with Gasteiger partial charge in [0, 0.05) is 11.6 Å². The number of fused-ring (bicyclic) bond motifs is 1. The molecule has 0 atom stereocenters. The number of oxazole rings is 1. The van der Waals surface area contributed by atoms with Crippen molar-refractivity contribution in [3.8, 4) is 22.8 Å². The van der Waals surface area contributed by atoms with Crippen LogP contribution >= 0.6 is 0 Å². The number of nitrogens with zero attached hydrogens (tertiary/aromatic N) is 2. The lowest BCUT2D eigenvalue weighted by molar-refractivity contribution is -0.385. The molecule has 0 saturated carbocycles. The summed E-state index contributed by atoms with van der Waals surface area (Å²) in [5, 5.41) is 11.2. The zero-order valence-corrected chi connectivity index (χ0v) is 14.1. The Kier molecular flexibility index (Phi) is 4.36. The lowest BCUT2D eigenvalue weighted by atomic mass is 10.1. The summed E-state index contributed by atoms with van der Waals surface area (Å²) in [5.41, 5.74) is -0.147. The monoisotopic (exact) mass is 386 g/mol. The molecule has 142 valence electrons. The van der Waals surface area contributed by atoms with Crippen molar-refractivity contribution in [3.05, 3.63) is 70.0 Å². The van der Waals surface area contributed by atoms with E-state index in [1.54, 1.807) is 0 Å². The Morgan fingerprint density at radius 3 is 2.64 bits per heavy atom. The van der Waals surface area contributed by atoms with Gasteiger partial charge in [0.2, 0.25) is 12.7 Å². The molecule has 0 amide bonds. The smallest absolute Gasteiger partial charge is 0.345 e. The molecule has 1 aromatic heterocycles. The van der Waals surface area contributed by atoms with Gasteiger partial charge in [-0.3, -0.25) is 10.1 Å². The van der Waals surface area contributed by atoms with Gasteiger partial charge < -0.3 is 18.6 Å². The summed E-state index contributed by atoms with van der Waals surface area (Å²) in [6.07, 6.45) is 1.40. The first-order valence-corrected chi connectivity index (χ1v) is 7.97. The van der Waals surface area contributed by atoms with E-state index in [4.69, 9.17) is 18.6 Å². The number of halogens is 1. The normalized spacial score (nSPS) is 12.0. The maximum atomic E-state index is 13.0. The van der Waals surface area contributed by atoms with E-state index in [2.05, 4.69) is 4.98 Å². The van der Waals surface area contributed by atoms with Crippen LogP contribution in [0, 0.1) is 15.9 Å². The molecule has 2 heterocycles. The molecule has 0 radical (unpaired) electrons. The van der Waals surface area contributed by atoms with Crippen molar-refractivity contribution in [2.75, 3.05) is 6.79 Å². The lowest BCUT2D eigenvalue weighted by Crippen LogP contribution is -2.08. The summed E-state index contributed by atoms with van der Waals surface area (Å²) in [4.78, 5) is 26.8. The van der Waals surface area contributed by atoms with E-state index in [0.29, 0.717) is 11.3 Å². The third-order valence-corrected chi connectivity index (χ3v) is 3.92. The minimum absolute atomic E-state index is 0.0797. The number of carbonyl (C=O) groups excluding carboxylic acids is 1. The number of nitro groups is 1. The molecule has 2 aromatic carbocycles. The van der Waals surface area contributed by atoms with E-state index < -0.39 is 16.6 Å². The molecule has 0 spiro atoms. The van der Waals surface area contributed by atoms with Crippen LogP contribution in [-0.4, -0.2) is 22.7 Å². The van der Waals surface area contributed by atoms with E-state index in [1.165, 1.54) is 36.5 Å². The zero-order chi connectivity index (χ0) is 19.7. The third kappa shape index (κ3) is 3.34. The van der Waals surface area contributed by atoms with Crippen molar-refractivity contribution in [2.45, 2.75) is 6.61 Å². The number of hydrogen-bond acceptors (Lipinski definition) is 8. The maximum absolute atomic E-state index is 13.0. The van der Waals surface area contributed by atoms with Gasteiger partial charge in [0.15, 0.2) is 23.9 Å². The van der Waals surface area contributed by atoms with Gasteiger partial charge in [0.25, 0.3) is 5.69 Å². The molecule has 4 rings (SSSR count). The molecule has 0 fully saturated rings. The summed E-state index contributed by atoms with van der Waals surface area (Å²) in [7, 11) is 0. The molecule has 1 aliphatic heterocycles. The number of carbonyl (C=O) groups is 1. The van der Waals surface area contributed by atoms with Crippen LogP contribution in [0.1, 0.15) is 16.2 Å². The van der Waals surface area contributed by atoms with E-state index in [-0.39, 0.29) is 42.2 Å². The van der Waals surface area contributed by atoms with Crippen LogP contribution in [0.3, 0.4) is 0 Å². The minimum Gasteiger partial charge on any atom is -0.454 e. The van der Waals surface area contributed by atoms with Gasteiger partial charge in [-0.05, 0) is 24.3 Å². The molecule has 1 aliphatic rings. The molecule has 0 bridgehead atoms. The average molecular weight is 386 g/mol. The summed E-state index contributed by atoms with van der Waals surface area (Å²) in [6, 6.07) is 7.88. The largest absolute Gasteiger partial charge is 0.454 e. The number of benzene rings is 2. The summed E-state index contributed by atoms with van der Waals surface area (Å²) >= 11 is 0. The number of aromatic nitrogens is 1. The van der Waals surface area contributed by atoms with Crippen LogP contribution in [-0.2, 0) is 11.3 Å². The van der Waals surface area contributed by atoms with Gasteiger partial charge >= 0.3 is 5.97 Å². The Labute approximate surface area is 156 Å². The Balaban J connectivity index is 1.49. The first kappa shape index (κ1) is 17.5. The summed E-state index contributed by atoms with van der Waals surface area (Å²) in [6.45, 7) is -0.431. The van der Waals surface area contributed by atoms with E-state index in [0.717, 1.165) is 6.07 Å². The number of rotatable bonds is 5. The van der Waals surface area contributed by atoms with Crippen molar-refractivity contribution in [3.63, 3.8) is 0 Å². The molecule has 0 N–H and O–H groups in total. The van der Waals surface area contributed by atoms with E-state index in [9.17, 15) is 19.3 Å². The number of esters is 1. The highest BCUT2D eigenvalue weighted by molar-refractivity contribution is 5.95. The predicted molar refractivity (Wildman–Crippen MR) is 90.2 cm³/mol. The Bertz CT molecular complexity index is 1060.